The molecule has 11 heteroatoms. The van der Waals surface area contributed by atoms with Crippen molar-refractivity contribution >= 4 is 17.9 Å². The number of hydrogen-bond acceptors (Lipinski definition) is 10. The summed E-state index contributed by atoms with van der Waals surface area (Å²) in [6.07, 6.45) is -4.02. The zero-order valence-electron chi connectivity index (χ0n) is 16.2. The van der Waals surface area contributed by atoms with Gasteiger partial charge in [0.25, 0.3) is 0 Å². The number of aliphatic hydroxyl groups excluding tert-OH is 1. The molecule has 0 heterocycles. The van der Waals surface area contributed by atoms with Gasteiger partial charge < -0.3 is 40.1 Å². The second-order valence-corrected chi connectivity index (χ2v) is 6.91. The van der Waals surface area contributed by atoms with Crippen LogP contribution in [0.5, 0.6) is 23.0 Å². The van der Waals surface area contributed by atoms with E-state index in [1.165, 1.54) is 0 Å². The Kier molecular flexibility index (Phi) is 6.21. The van der Waals surface area contributed by atoms with E-state index in [2.05, 4.69) is 0 Å². The summed E-state index contributed by atoms with van der Waals surface area (Å²) in [5, 5.41) is 57.4. The van der Waals surface area contributed by atoms with Crippen molar-refractivity contribution in [3.8, 4) is 23.0 Å². The lowest BCUT2D eigenvalue weighted by molar-refractivity contribution is -0.134. The number of ether oxygens (including phenoxy) is 2. The summed E-state index contributed by atoms with van der Waals surface area (Å²) >= 11 is 0. The van der Waals surface area contributed by atoms with Gasteiger partial charge in [-0.2, -0.15) is 0 Å². The van der Waals surface area contributed by atoms with Crippen molar-refractivity contribution in [3.05, 3.63) is 59.2 Å². The molecule has 6 N–H and O–H groups in total. The van der Waals surface area contributed by atoms with Crippen LogP contribution in [0.4, 0.5) is 0 Å². The highest BCUT2D eigenvalue weighted by atomic mass is 16.6. The normalized spacial score (nSPS) is 20.2. The largest absolute Gasteiger partial charge is 0.504 e. The molecule has 32 heavy (non-hydrogen) atoms. The number of carbonyl (C=O) groups excluding carboxylic acids is 2. The van der Waals surface area contributed by atoms with Gasteiger partial charge in [-0.3, -0.25) is 0 Å². The van der Waals surface area contributed by atoms with Gasteiger partial charge in [0.05, 0.1) is 11.1 Å². The van der Waals surface area contributed by atoms with Crippen LogP contribution in [-0.4, -0.2) is 66.9 Å². The highest BCUT2D eigenvalue weighted by Crippen LogP contribution is 2.30. The fourth-order valence-electron chi connectivity index (χ4n) is 3.03. The molecule has 11 nitrogen and oxygen atoms in total. The molecule has 0 saturated carbocycles. The molecule has 0 aliphatic heterocycles. The van der Waals surface area contributed by atoms with Gasteiger partial charge >= 0.3 is 17.9 Å². The Hall–Kier alpha value is -4.25. The summed E-state index contributed by atoms with van der Waals surface area (Å²) in [5.41, 5.74) is -0.651. The van der Waals surface area contributed by atoms with Crippen LogP contribution >= 0.6 is 0 Å². The number of rotatable bonds is 5. The Bertz CT molecular complexity index is 1100. The number of benzene rings is 2. The fraction of sp³-hybridized carbons (Fsp3) is 0.190. The first-order valence-electron chi connectivity index (χ1n) is 9.14. The molecule has 0 spiro atoms. The zero-order chi connectivity index (χ0) is 23.6. The zero-order valence-corrected chi connectivity index (χ0v) is 16.2. The first-order chi connectivity index (χ1) is 15.1. The third-order valence-corrected chi connectivity index (χ3v) is 4.69. The van der Waals surface area contributed by atoms with Crippen LogP contribution in [0.2, 0.25) is 0 Å². The second kappa shape index (κ2) is 8.86. The van der Waals surface area contributed by atoms with Crippen molar-refractivity contribution in [1.82, 2.24) is 0 Å². The van der Waals surface area contributed by atoms with Gasteiger partial charge in [0.1, 0.15) is 12.2 Å². The predicted molar refractivity (Wildman–Crippen MR) is 104 cm³/mol. The van der Waals surface area contributed by atoms with Crippen molar-refractivity contribution in [2.75, 3.05) is 0 Å². The molecule has 0 saturated heterocycles. The molecule has 1 aliphatic rings. The molecular weight excluding hydrogens is 428 g/mol. The van der Waals surface area contributed by atoms with E-state index < -0.39 is 65.6 Å². The SMILES string of the molecule is O=C(O)C1=C[C@@H](O)[C@@H](OC(=O)c2ccc(O)c(O)c2)[C@H](OC(=O)c2ccc(O)c(O)c2)C1. The smallest absolute Gasteiger partial charge is 0.338 e. The maximum absolute atomic E-state index is 12.5. The molecule has 1 aliphatic carbocycles. The quantitative estimate of drug-likeness (QED) is 0.284. The van der Waals surface area contributed by atoms with Crippen LogP contribution in [0.25, 0.3) is 0 Å². The van der Waals surface area contributed by atoms with Gasteiger partial charge in [0, 0.05) is 12.0 Å². The number of aromatic hydroxyl groups is 4. The molecule has 0 radical (unpaired) electrons. The summed E-state index contributed by atoms with van der Waals surface area (Å²) in [5.74, 6) is -5.59. The number of phenolic OH excluding ortho intramolecular Hbond substituents is 4. The highest BCUT2D eigenvalue weighted by Gasteiger charge is 2.40. The van der Waals surface area contributed by atoms with E-state index in [1.807, 2.05) is 0 Å². The van der Waals surface area contributed by atoms with Crippen LogP contribution in [-0.2, 0) is 14.3 Å². The number of aliphatic hydroxyl groups is 1. The van der Waals surface area contributed by atoms with Crippen molar-refractivity contribution in [1.29, 1.82) is 0 Å². The first kappa shape index (κ1) is 22.4. The number of hydrogen-bond donors (Lipinski definition) is 6. The second-order valence-electron chi connectivity index (χ2n) is 6.91. The van der Waals surface area contributed by atoms with Crippen LogP contribution in [0.1, 0.15) is 27.1 Å². The molecular formula is C21H18O11. The molecule has 0 amide bonds. The minimum atomic E-state index is -1.64. The predicted octanol–water partition coefficient (Wildman–Crippen LogP) is 1.04. The summed E-state index contributed by atoms with van der Waals surface area (Å²) in [6, 6.07) is 6.21. The Morgan fingerprint density at radius 3 is 1.75 bits per heavy atom. The van der Waals surface area contributed by atoms with E-state index in [0.29, 0.717) is 0 Å². The number of carboxylic acids is 1. The van der Waals surface area contributed by atoms with Gasteiger partial charge in [-0.1, -0.05) is 0 Å². The monoisotopic (exact) mass is 446 g/mol. The Balaban J connectivity index is 1.85. The average Bonchev–Trinajstić information content (AvgIpc) is 2.73. The van der Waals surface area contributed by atoms with Crippen LogP contribution < -0.4 is 0 Å². The average molecular weight is 446 g/mol. The summed E-state index contributed by atoms with van der Waals surface area (Å²) in [6.45, 7) is 0. The Morgan fingerprint density at radius 1 is 0.781 bits per heavy atom. The maximum Gasteiger partial charge on any atom is 0.338 e. The van der Waals surface area contributed by atoms with E-state index >= 15 is 0 Å². The van der Waals surface area contributed by atoms with E-state index in [1.54, 1.807) is 0 Å². The summed E-state index contributed by atoms with van der Waals surface area (Å²) in [7, 11) is 0. The van der Waals surface area contributed by atoms with Gasteiger partial charge in [0.15, 0.2) is 29.1 Å². The van der Waals surface area contributed by atoms with Crippen LogP contribution in [0, 0.1) is 0 Å². The number of carbonyl (C=O) groups is 3. The maximum atomic E-state index is 12.5. The van der Waals surface area contributed by atoms with Crippen molar-refractivity contribution < 1.29 is 54.5 Å². The molecule has 3 rings (SSSR count). The lowest BCUT2D eigenvalue weighted by Crippen LogP contribution is -2.46. The minimum Gasteiger partial charge on any atom is -0.504 e. The number of phenols is 4. The number of esters is 2. The van der Waals surface area contributed by atoms with Crippen molar-refractivity contribution in [2.45, 2.75) is 24.7 Å². The van der Waals surface area contributed by atoms with Crippen LogP contribution in [0.3, 0.4) is 0 Å². The van der Waals surface area contributed by atoms with Crippen molar-refractivity contribution in [3.63, 3.8) is 0 Å². The third kappa shape index (κ3) is 4.73. The highest BCUT2D eigenvalue weighted by molar-refractivity contribution is 5.92. The topological polar surface area (TPSA) is 191 Å². The molecule has 0 fully saturated rings. The Morgan fingerprint density at radius 2 is 1.28 bits per heavy atom. The molecule has 2 aromatic carbocycles. The third-order valence-electron chi connectivity index (χ3n) is 4.69. The van der Waals surface area contributed by atoms with E-state index in [0.717, 1.165) is 42.5 Å². The summed E-state index contributed by atoms with van der Waals surface area (Å²) in [4.78, 5) is 36.3. The summed E-state index contributed by atoms with van der Waals surface area (Å²) < 4.78 is 10.5. The molecule has 0 unspecified atom stereocenters. The van der Waals surface area contributed by atoms with E-state index in [4.69, 9.17) is 9.47 Å². The fourth-order valence-corrected chi connectivity index (χ4v) is 3.03. The molecule has 2 aromatic rings. The lowest BCUT2D eigenvalue weighted by Gasteiger charge is -2.33. The molecule has 3 atom stereocenters. The first-order valence-corrected chi connectivity index (χ1v) is 9.14. The standard InChI is InChI=1S/C21H18O11/c22-12-3-1-9(5-14(12)24)20(29)31-17-8-11(19(27)28)7-16(26)18(17)32-21(30)10-2-4-13(23)15(25)6-10/h1-7,16-18,22-26H,8H2,(H,27,28)/t16-,17-,18-/m1/s1. The number of aliphatic carboxylic acids is 1. The van der Waals surface area contributed by atoms with Gasteiger partial charge in [-0.25, -0.2) is 14.4 Å². The minimum absolute atomic E-state index is 0.185. The number of carboxylic acid groups (broad SMARTS) is 1. The molecule has 0 aromatic heterocycles. The van der Waals surface area contributed by atoms with Crippen molar-refractivity contribution in [2.24, 2.45) is 0 Å². The van der Waals surface area contributed by atoms with E-state index in [-0.39, 0.29) is 16.7 Å². The van der Waals surface area contributed by atoms with E-state index in [9.17, 15) is 45.0 Å². The van der Waals surface area contributed by atoms with Gasteiger partial charge in [0.2, 0.25) is 0 Å². The molecule has 0 bridgehead atoms. The van der Waals surface area contributed by atoms with Gasteiger partial charge in [-0.15, -0.1) is 0 Å². The Labute approximate surface area is 180 Å². The van der Waals surface area contributed by atoms with Gasteiger partial charge in [-0.05, 0) is 42.5 Å². The lowest BCUT2D eigenvalue weighted by atomic mass is 9.91. The molecule has 168 valence electrons. The van der Waals surface area contributed by atoms with Crippen LogP contribution in [0.15, 0.2) is 48.0 Å².